The molecule has 4 aromatic rings. The molecule has 0 aliphatic rings. The standard InChI is InChI=1S/C25H22ClN3O3/c1-3-22(24(30)29-19-7-5-4-6-18(19)26)32-25(31)17-12-13-20-21(14-17)28-23(27-20)16-10-8-15(2)9-11-16/h4-14,22H,3H2,1-2H3,(H,27,28)(H,29,30). The van der Waals surface area contributed by atoms with Crippen LogP contribution in [0.5, 0.6) is 0 Å². The number of esters is 1. The van der Waals surface area contributed by atoms with Crippen LogP contribution in [0.25, 0.3) is 22.4 Å². The highest BCUT2D eigenvalue weighted by atomic mass is 35.5. The van der Waals surface area contributed by atoms with Crippen molar-refractivity contribution in [2.75, 3.05) is 5.32 Å². The number of nitrogens with zero attached hydrogens (tertiary/aromatic N) is 1. The molecule has 32 heavy (non-hydrogen) atoms. The zero-order valence-electron chi connectivity index (χ0n) is 17.7. The van der Waals surface area contributed by atoms with Crippen LogP contribution in [0.2, 0.25) is 5.02 Å². The number of halogens is 1. The van der Waals surface area contributed by atoms with E-state index in [1.54, 1.807) is 49.4 Å². The number of amides is 1. The maximum atomic E-state index is 12.7. The number of para-hydroxylation sites is 1. The number of hydrogen-bond donors (Lipinski definition) is 2. The number of fused-ring (bicyclic) bond motifs is 1. The Morgan fingerprint density at radius 1 is 1.09 bits per heavy atom. The molecule has 1 unspecified atom stereocenters. The lowest BCUT2D eigenvalue weighted by Crippen LogP contribution is -2.32. The van der Waals surface area contributed by atoms with Crippen LogP contribution in [0.3, 0.4) is 0 Å². The number of carbonyl (C=O) groups excluding carboxylic acids is 2. The molecule has 162 valence electrons. The third-order valence-corrected chi connectivity index (χ3v) is 5.42. The summed E-state index contributed by atoms with van der Waals surface area (Å²) >= 11 is 6.10. The number of H-pyrrole nitrogens is 1. The molecule has 0 aliphatic carbocycles. The quantitative estimate of drug-likeness (QED) is 0.368. The number of imidazole rings is 1. The van der Waals surface area contributed by atoms with E-state index in [4.69, 9.17) is 16.3 Å². The van der Waals surface area contributed by atoms with Gasteiger partial charge < -0.3 is 15.0 Å². The molecule has 0 aliphatic heterocycles. The largest absolute Gasteiger partial charge is 0.449 e. The molecule has 6 nitrogen and oxygen atoms in total. The smallest absolute Gasteiger partial charge is 0.338 e. The summed E-state index contributed by atoms with van der Waals surface area (Å²) in [5.41, 5.74) is 4.37. The minimum atomic E-state index is -0.945. The minimum absolute atomic E-state index is 0.325. The fourth-order valence-electron chi connectivity index (χ4n) is 3.28. The first-order valence-electron chi connectivity index (χ1n) is 10.3. The summed E-state index contributed by atoms with van der Waals surface area (Å²) in [5, 5.41) is 3.12. The molecule has 0 spiro atoms. The van der Waals surface area contributed by atoms with Crippen molar-refractivity contribution in [3.63, 3.8) is 0 Å². The highest BCUT2D eigenvalue weighted by Gasteiger charge is 2.23. The summed E-state index contributed by atoms with van der Waals surface area (Å²) < 4.78 is 5.48. The Kier molecular flexibility index (Phi) is 6.23. The lowest BCUT2D eigenvalue weighted by atomic mass is 10.1. The van der Waals surface area contributed by atoms with E-state index in [0.29, 0.717) is 28.2 Å². The molecule has 4 rings (SSSR count). The average molecular weight is 448 g/mol. The van der Waals surface area contributed by atoms with Gasteiger partial charge in [0, 0.05) is 5.56 Å². The Hall–Kier alpha value is -3.64. The number of ether oxygens (including phenoxy) is 1. The molecule has 1 aromatic heterocycles. The number of aromatic nitrogens is 2. The molecular formula is C25H22ClN3O3. The Balaban J connectivity index is 1.50. The molecule has 0 radical (unpaired) electrons. The van der Waals surface area contributed by atoms with Gasteiger partial charge in [-0.3, -0.25) is 4.79 Å². The number of nitrogens with one attached hydrogen (secondary N) is 2. The Morgan fingerprint density at radius 3 is 2.56 bits per heavy atom. The van der Waals surface area contributed by atoms with E-state index in [1.807, 2.05) is 31.2 Å². The van der Waals surface area contributed by atoms with E-state index < -0.39 is 18.0 Å². The predicted octanol–water partition coefficient (Wildman–Crippen LogP) is 5.77. The number of anilines is 1. The fraction of sp³-hybridized carbons (Fsp3) is 0.160. The van der Waals surface area contributed by atoms with Crippen LogP contribution < -0.4 is 5.32 Å². The fourth-order valence-corrected chi connectivity index (χ4v) is 3.46. The zero-order chi connectivity index (χ0) is 22.7. The van der Waals surface area contributed by atoms with Crippen LogP contribution in [-0.2, 0) is 9.53 Å². The van der Waals surface area contributed by atoms with E-state index in [-0.39, 0.29) is 0 Å². The second-order valence-corrected chi connectivity index (χ2v) is 7.86. The summed E-state index contributed by atoms with van der Waals surface area (Å²) in [6.07, 6.45) is -0.620. The molecule has 0 saturated heterocycles. The van der Waals surface area contributed by atoms with Crippen LogP contribution >= 0.6 is 11.6 Å². The van der Waals surface area contributed by atoms with Crippen LogP contribution in [-0.4, -0.2) is 27.9 Å². The minimum Gasteiger partial charge on any atom is -0.449 e. The number of aryl methyl sites for hydroxylation is 1. The lowest BCUT2D eigenvalue weighted by molar-refractivity contribution is -0.124. The normalized spacial score (nSPS) is 11.8. The molecule has 0 fully saturated rings. The van der Waals surface area contributed by atoms with Gasteiger partial charge in [-0.05, 0) is 43.7 Å². The maximum Gasteiger partial charge on any atom is 0.338 e. The third-order valence-electron chi connectivity index (χ3n) is 5.09. The van der Waals surface area contributed by atoms with Crippen LogP contribution in [0, 0.1) is 6.92 Å². The van der Waals surface area contributed by atoms with Crippen molar-refractivity contribution in [2.24, 2.45) is 0 Å². The van der Waals surface area contributed by atoms with Gasteiger partial charge in [-0.25, -0.2) is 9.78 Å². The molecule has 7 heteroatoms. The van der Waals surface area contributed by atoms with Crippen molar-refractivity contribution in [3.8, 4) is 11.4 Å². The number of carbonyl (C=O) groups is 2. The van der Waals surface area contributed by atoms with Crippen LogP contribution in [0.4, 0.5) is 5.69 Å². The lowest BCUT2D eigenvalue weighted by Gasteiger charge is -2.16. The molecule has 1 atom stereocenters. The van der Waals surface area contributed by atoms with Crippen molar-refractivity contribution in [1.29, 1.82) is 0 Å². The molecule has 1 amide bonds. The first-order valence-corrected chi connectivity index (χ1v) is 10.7. The summed E-state index contributed by atoms with van der Waals surface area (Å²) in [7, 11) is 0. The molecular weight excluding hydrogens is 426 g/mol. The molecule has 0 bridgehead atoms. The number of aromatic amines is 1. The van der Waals surface area contributed by atoms with Gasteiger partial charge in [0.25, 0.3) is 5.91 Å². The first kappa shape index (κ1) is 21.6. The average Bonchev–Trinajstić information content (AvgIpc) is 3.22. The number of hydrogen-bond acceptors (Lipinski definition) is 4. The Morgan fingerprint density at radius 2 is 1.84 bits per heavy atom. The summed E-state index contributed by atoms with van der Waals surface area (Å²) in [6, 6.07) is 20.0. The summed E-state index contributed by atoms with van der Waals surface area (Å²) in [6.45, 7) is 3.80. The van der Waals surface area contributed by atoms with Crippen molar-refractivity contribution in [2.45, 2.75) is 26.4 Å². The maximum absolute atomic E-state index is 12.7. The summed E-state index contributed by atoms with van der Waals surface area (Å²) in [5.74, 6) is -0.297. The van der Waals surface area contributed by atoms with Crippen molar-refractivity contribution in [1.82, 2.24) is 9.97 Å². The van der Waals surface area contributed by atoms with Gasteiger partial charge in [0.2, 0.25) is 0 Å². The van der Waals surface area contributed by atoms with Gasteiger partial charge in [-0.1, -0.05) is 60.5 Å². The van der Waals surface area contributed by atoms with Crippen molar-refractivity contribution >= 4 is 40.2 Å². The van der Waals surface area contributed by atoms with Gasteiger partial charge in [-0.2, -0.15) is 0 Å². The zero-order valence-corrected chi connectivity index (χ0v) is 18.4. The number of rotatable bonds is 6. The molecule has 0 saturated carbocycles. The highest BCUT2D eigenvalue weighted by molar-refractivity contribution is 6.33. The second-order valence-electron chi connectivity index (χ2n) is 7.45. The van der Waals surface area contributed by atoms with Gasteiger partial charge in [0.05, 0.1) is 27.3 Å². The first-order chi connectivity index (χ1) is 15.4. The summed E-state index contributed by atoms with van der Waals surface area (Å²) in [4.78, 5) is 33.2. The van der Waals surface area contributed by atoms with E-state index >= 15 is 0 Å². The molecule has 1 heterocycles. The molecule has 2 N–H and O–H groups in total. The van der Waals surface area contributed by atoms with Crippen LogP contribution in [0.15, 0.2) is 66.7 Å². The van der Waals surface area contributed by atoms with E-state index in [9.17, 15) is 9.59 Å². The monoisotopic (exact) mass is 447 g/mol. The topological polar surface area (TPSA) is 84.1 Å². The predicted molar refractivity (Wildman–Crippen MR) is 126 cm³/mol. The van der Waals surface area contributed by atoms with Gasteiger partial charge in [0.15, 0.2) is 6.10 Å². The highest BCUT2D eigenvalue weighted by Crippen LogP contribution is 2.23. The van der Waals surface area contributed by atoms with E-state index in [0.717, 1.165) is 16.9 Å². The Labute approximate surface area is 190 Å². The second kappa shape index (κ2) is 9.24. The van der Waals surface area contributed by atoms with Crippen molar-refractivity contribution in [3.05, 3.63) is 82.9 Å². The van der Waals surface area contributed by atoms with Crippen molar-refractivity contribution < 1.29 is 14.3 Å². The number of benzene rings is 3. The van der Waals surface area contributed by atoms with E-state index in [2.05, 4.69) is 15.3 Å². The third kappa shape index (κ3) is 4.65. The Bertz CT molecular complexity index is 1280. The van der Waals surface area contributed by atoms with Gasteiger partial charge in [-0.15, -0.1) is 0 Å². The van der Waals surface area contributed by atoms with Crippen LogP contribution in [0.1, 0.15) is 29.3 Å². The van der Waals surface area contributed by atoms with E-state index in [1.165, 1.54) is 5.56 Å². The van der Waals surface area contributed by atoms with Gasteiger partial charge >= 0.3 is 5.97 Å². The SMILES string of the molecule is CCC(OC(=O)c1ccc2nc(-c3ccc(C)cc3)[nH]c2c1)C(=O)Nc1ccccc1Cl. The van der Waals surface area contributed by atoms with Gasteiger partial charge in [0.1, 0.15) is 5.82 Å². The molecule has 3 aromatic carbocycles.